The molecule has 112 valence electrons. The van der Waals surface area contributed by atoms with E-state index in [1.807, 2.05) is 0 Å². The fourth-order valence-electron chi connectivity index (χ4n) is 3.20. The molecule has 0 saturated heterocycles. The van der Waals surface area contributed by atoms with E-state index in [1.165, 1.54) is 28.3 Å². The summed E-state index contributed by atoms with van der Waals surface area (Å²) in [7, 11) is 0. The second-order valence-electron chi connectivity index (χ2n) is 6.27. The SMILES string of the molecule is Cc1ccccc1CCn1c(C(C)C)nc2c1CCNC2. The summed E-state index contributed by atoms with van der Waals surface area (Å²) in [5, 5.41) is 3.43. The first-order chi connectivity index (χ1) is 10.2. The molecule has 0 unspecified atom stereocenters. The van der Waals surface area contributed by atoms with Gasteiger partial charge >= 0.3 is 0 Å². The van der Waals surface area contributed by atoms with E-state index >= 15 is 0 Å². The Morgan fingerprint density at radius 1 is 1.29 bits per heavy atom. The van der Waals surface area contributed by atoms with Gasteiger partial charge in [0.15, 0.2) is 0 Å². The number of rotatable bonds is 4. The van der Waals surface area contributed by atoms with Crippen LogP contribution in [-0.2, 0) is 25.9 Å². The first-order valence-corrected chi connectivity index (χ1v) is 8.00. The summed E-state index contributed by atoms with van der Waals surface area (Å²) in [6, 6.07) is 8.70. The summed E-state index contributed by atoms with van der Waals surface area (Å²) in [4.78, 5) is 4.89. The highest BCUT2D eigenvalue weighted by molar-refractivity contribution is 5.26. The molecule has 2 aromatic rings. The van der Waals surface area contributed by atoms with Crippen LogP contribution in [0, 0.1) is 6.92 Å². The first-order valence-electron chi connectivity index (χ1n) is 8.00. The van der Waals surface area contributed by atoms with Gasteiger partial charge < -0.3 is 9.88 Å². The Morgan fingerprint density at radius 3 is 2.86 bits per heavy atom. The van der Waals surface area contributed by atoms with Crippen molar-refractivity contribution >= 4 is 0 Å². The molecule has 3 heteroatoms. The van der Waals surface area contributed by atoms with Gasteiger partial charge in [-0.05, 0) is 24.5 Å². The number of nitrogens with one attached hydrogen (secondary N) is 1. The number of aryl methyl sites for hydroxylation is 2. The second-order valence-corrected chi connectivity index (χ2v) is 6.27. The zero-order valence-corrected chi connectivity index (χ0v) is 13.3. The number of nitrogens with zero attached hydrogens (tertiary/aromatic N) is 2. The lowest BCUT2D eigenvalue weighted by Gasteiger charge is -2.17. The average molecular weight is 283 g/mol. The van der Waals surface area contributed by atoms with E-state index in [2.05, 4.69) is 54.9 Å². The van der Waals surface area contributed by atoms with Gasteiger partial charge in [-0.2, -0.15) is 0 Å². The van der Waals surface area contributed by atoms with Crippen molar-refractivity contribution in [3.05, 3.63) is 52.6 Å². The molecule has 0 saturated carbocycles. The summed E-state index contributed by atoms with van der Waals surface area (Å²) in [5.41, 5.74) is 5.55. The molecule has 0 fully saturated rings. The fraction of sp³-hybridized carbons (Fsp3) is 0.500. The monoisotopic (exact) mass is 283 g/mol. The normalized spacial score (nSPS) is 14.5. The standard InChI is InChI=1S/C18H25N3/c1-13(2)18-20-16-12-19-10-8-17(16)21(18)11-9-15-7-5-4-6-14(15)3/h4-7,13,19H,8-12H2,1-3H3. The van der Waals surface area contributed by atoms with Gasteiger partial charge in [0.05, 0.1) is 5.69 Å². The number of hydrogen-bond acceptors (Lipinski definition) is 2. The van der Waals surface area contributed by atoms with Crippen molar-refractivity contribution in [2.45, 2.75) is 52.6 Å². The van der Waals surface area contributed by atoms with E-state index in [-0.39, 0.29) is 0 Å². The van der Waals surface area contributed by atoms with Gasteiger partial charge in [0.2, 0.25) is 0 Å². The topological polar surface area (TPSA) is 29.9 Å². The molecule has 1 aromatic carbocycles. The lowest BCUT2D eigenvalue weighted by atomic mass is 10.1. The summed E-state index contributed by atoms with van der Waals surface area (Å²) < 4.78 is 2.48. The third-order valence-electron chi connectivity index (χ3n) is 4.40. The van der Waals surface area contributed by atoms with Gasteiger partial charge in [0.25, 0.3) is 0 Å². The van der Waals surface area contributed by atoms with Crippen LogP contribution in [-0.4, -0.2) is 16.1 Å². The van der Waals surface area contributed by atoms with Crippen molar-refractivity contribution in [1.29, 1.82) is 0 Å². The minimum Gasteiger partial charge on any atom is -0.331 e. The molecule has 2 heterocycles. The van der Waals surface area contributed by atoms with Crippen molar-refractivity contribution in [2.24, 2.45) is 0 Å². The number of hydrogen-bond donors (Lipinski definition) is 1. The Balaban J connectivity index is 1.87. The van der Waals surface area contributed by atoms with Gasteiger partial charge in [-0.25, -0.2) is 4.98 Å². The summed E-state index contributed by atoms with van der Waals surface area (Å²) in [6.07, 6.45) is 2.19. The first kappa shape index (κ1) is 14.3. The highest BCUT2D eigenvalue weighted by Gasteiger charge is 2.20. The van der Waals surface area contributed by atoms with Crippen LogP contribution in [0.3, 0.4) is 0 Å². The van der Waals surface area contributed by atoms with Gasteiger partial charge in [0, 0.05) is 37.7 Å². The second kappa shape index (κ2) is 6.02. The number of benzene rings is 1. The van der Waals surface area contributed by atoms with Crippen molar-refractivity contribution in [2.75, 3.05) is 6.54 Å². The molecular formula is C18H25N3. The molecule has 3 rings (SSSR count). The van der Waals surface area contributed by atoms with Crippen LogP contribution in [0.25, 0.3) is 0 Å². The maximum Gasteiger partial charge on any atom is 0.111 e. The zero-order chi connectivity index (χ0) is 14.8. The molecule has 1 aliphatic rings. The highest BCUT2D eigenvalue weighted by atomic mass is 15.1. The summed E-state index contributed by atoms with van der Waals surface area (Å²) in [5.74, 6) is 1.73. The van der Waals surface area contributed by atoms with Crippen LogP contribution < -0.4 is 5.32 Å². The smallest absolute Gasteiger partial charge is 0.111 e. The lowest BCUT2D eigenvalue weighted by Crippen LogP contribution is -2.25. The van der Waals surface area contributed by atoms with E-state index in [0.29, 0.717) is 5.92 Å². The Labute approximate surface area is 127 Å². The number of imidazole rings is 1. The Morgan fingerprint density at radius 2 is 2.10 bits per heavy atom. The average Bonchev–Trinajstić information content (AvgIpc) is 2.85. The molecule has 1 N–H and O–H groups in total. The molecule has 1 aliphatic heterocycles. The van der Waals surface area contributed by atoms with Crippen molar-refractivity contribution in [3.8, 4) is 0 Å². The predicted molar refractivity (Wildman–Crippen MR) is 86.6 cm³/mol. The van der Waals surface area contributed by atoms with E-state index in [0.717, 1.165) is 32.5 Å². The lowest BCUT2D eigenvalue weighted by molar-refractivity contribution is 0.567. The van der Waals surface area contributed by atoms with Gasteiger partial charge in [0.1, 0.15) is 5.82 Å². The molecular weight excluding hydrogens is 258 g/mol. The summed E-state index contributed by atoms with van der Waals surface area (Å²) in [6.45, 7) is 9.72. The van der Waals surface area contributed by atoms with Crippen LogP contribution in [0.5, 0.6) is 0 Å². The van der Waals surface area contributed by atoms with E-state index in [9.17, 15) is 0 Å². The van der Waals surface area contributed by atoms with Gasteiger partial charge in [-0.3, -0.25) is 0 Å². The van der Waals surface area contributed by atoms with Crippen LogP contribution in [0.2, 0.25) is 0 Å². The Hall–Kier alpha value is -1.61. The molecule has 21 heavy (non-hydrogen) atoms. The van der Waals surface area contributed by atoms with Crippen molar-refractivity contribution < 1.29 is 0 Å². The maximum atomic E-state index is 4.89. The minimum atomic E-state index is 0.479. The fourth-order valence-corrected chi connectivity index (χ4v) is 3.20. The third kappa shape index (κ3) is 2.88. The molecule has 3 nitrogen and oxygen atoms in total. The molecule has 0 amide bonds. The quantitative estimate of drug-likeness (QED) is 0.934. The molecule has 0 aliphatic carbocycles. The zero-order valence-electron chi connectivity index (χ0n) is 13.3. The van der Waals surface area contributed by atoms with Crippen LogP contribution in [0.1, 0.15) is 48.1 Å². The van der Waals surface area contributed by atoms with Crippen LogP contribution in [0.15, 0.2) is 24.3 Å². The molecule has 0 bridgehead atoms. The largest absolute Gasteiger partial charge is 0.331 e. The molecule has 1 aromatic heterocycles. The van der Waals surface area contributed by atoms with E-state index in [1.54, 1.807) is 0 Å². The third-order valence-corrected chi connectivity index (χ3v) is 4.40. The molecule has 0 radical (unpaired) electrons. The Kier molecular flexibility index (Phi) is 4.11. The minimum absolute atomic E-state index is 0.479. The molecule has 0 spiro atoms. The van der Waals surface area contributed by atoms with E-state index in [4.69, 9.17) is 4.98 Å². The number of aromatic nitrogens is 2. The van der Waals surface area contributed by atoms with Crippen molar-refractivity contribution in [1.82, 2.24) is 14.9 Å². The van der Waals surface area contributed by atoms with E-state index < -0.39 is 0 Å². The van der Waals surface area contributed by atoms with Gasteiger partial charge in [-0.15, -0.1) is 0 Å². The summed E-state index contributed by atoms with van der Waals surface area (Å²) >= 11 is 0. The van der Waals surface area contributed by atoms with Gasteiger partial charge in [-0.1, -0.05) is 38.1 Å². The number of fused-ring (bicyclic) bond motifs is 1. The predicted octanol–water partition coefficient (Wildman–Crippen LogP) is 3.20. The van der Waals surface area contributed by atoms with Crippen molar-refractivity contribution in [3.63, 3.8) is 0 Å². The van der Waals surface area contributed by atoms with Crippen LogP contribution in [0.4, 0.5) is 0 Å². The molecule has 0 atom stereocenters. The highest BCUT2D eigenvalue weighted by Crippen LogP contribution is 2.22. The maximum absolute atomic E-state index is 4.89. The Bertz CT molecular complexity index is 625. The van der Waals surface area contributed by atoms with Crippen LogP contribution >= 0.6 is 0 Å².